The van der Waals surface area contributed by atoms with Crippen molar-refractivity contribution in [3.8, 4) is 5.75 Å². The molecule has 0 saturated carbocycles. The lowest BCUT2D eigenvalue weighted by atomic mass is 10.2. The number of sulfonamides is 1. The maximum Gasteiger partial charge on any atom is 0.419 e. The van der Waals surface area contributed by atoms with Gasteiger partial charge >= 0.3 is 6.09 Å². The lowest BCUT2D eigenvalue weighted by Gasteiger charge is -2.21. The van der Waals surface area contributed by atoms with Crippen molar-refractivity contribution in [2.75, 3.05) is 14.1 Å². The number of aromatic nitrogens is 1. The summed E-state index contributed by atoms with van der Waals surface area (Å²) in [7, 11) is -0.538. The molecule has 0 radical (unpaired) electrons. The Bertz CT molecular complexity index is 1160. The molecule has 3 rings (SSSR count). The molecule has 0 aliphatic heterocycles. The van der Waals surface area contributed by atoms with Crippen LogP contribution in [0.1, 0.15) is 26.5 Å². The SMILES string of the molecule is CN(C)S(=O)(=O)c1ccc(OCc2cc3ccccc3n2C(=O)OC(C)(C)C)cc1. The fraction of sp³-hybridized carbons (Fsp3) is 0.318. The molecule has 8 heteroatoms. The number of rotatable bonds is 5. The van der Waals surface area contributed by atoms with E-state index in [1.54, 1.807) is 12.1 Å². The lowest BCUT2D eigenvalue weighted by molar-refractivity contribution is 0.0535. The average molecular weight is 431 g/mol. The van der Waals surface area contributed by atoms with Gasteiger partial charge in [0.15, 0.2) is 0 Å². The Morgan fingerprint density at radius 1 is 1.03 bits per heavy atom. The minimum atomic E-state index is -3.50. The van der Waals surface area contributed by atoms with Crippen molar-refractivity contribution in [1.82, 2.24) is 8.87 Å². The first-order valence-corrected chi connectivity index (χ1v) is 10.9. The van der Waals surface area contributed by atoms with Gasteiger partial charge in [0.25, 0.3) is 0 Å². The number of hydrogen-bond acceptors (Lipinski definition) is 5. The molecular formula is C22H26N2O5S. The fourth-order valence-electron chi connectivity index (χ4n) is 2.92. The summed E-state index contributed by atoms with van der Waals surface area (Å²) in [5, 5.41) is 0.898. The summed E-state index contributed by atoms with van der Waals surface area (Å²) in [6.07, 6.45) is -0.477. The van der Waals surface area contributed by atoms with Crippen LogP contribution in [0, 0.1) is 0 Å². The molecule has 30 heavy (non-hydrogen) atoms. The zero-order valence-corrected chi connectivity index (χ0v) is 18.6. The molecule has 0 aliphatic carbocycles. The van der Waals surface area contributed by atoms with Gasteiger partial charge in [-0.05, 0) is 57.2 Å². The highest BCUT2D eigenvalue weighted by atomic mass is 32.2. The van der Waals surface area contributed by atoms with Gasteiger partial charge in [0.2, 0.25) is 10.0 Å². The predicted octanol–water partition coefficient (Wildman–Crippen LogP) is 4.25. The maximum absolute atomic E-state index is 12.8. The van der Waals surface area contributed by atoms with E-state index in [-0.39, 0.29) is 11.5 Å². The van der Waals surface area contributed by atoms with Crippen LogP contribution in [0.5, 0.6) is 5.75 Å². The van der Waals surface area contributed by atoms with Crippen molar-refractivity contribution in [2.24, 2.45) is 0 Å². The Morgan fingerprint density at radius 3 is 2.27 bits per heavy atom. The highest BCUT2D eigenvalue weighted by molar-refractivity contribution is 7.89. The van der Waals surface area contributed by atoms with Gasteiger partial charge in [0.05, 0.1) is 16.1 Å². The van der Waals surface area contributed by atoms with Crippen LogP contribution >= 0.6 is 0 Å². The van der Waals surface area contributed by atoms with E-state index in [0.717, 1.165) is 15.2 Å². The Morgan fingerprint density at radius 2 is 1.67 bits per heavy atom. The molecule has 0 aliphatic rings. The van der Waals surface area contributed by atoms with E-state index in [0.29, 0.717) is 11.4 Å². The van der Waals surface area contributed by atoms with Gasteiger partial charge in [0, 0.05) is 19.5 Å². The van der Waals surface area contributed by atoms with Crippen molar-refractivity contribution in [2.45, 2.75) is 37.9 Å². The van der Waals surface area contributed by atoms with Gasteiger partial charge in [-0.3, -0.25) is 0 Å². The Hall–Kier alpha value is -2.84. The molecular weight excluding hydrogens is 404 g/mol. The zero-order valence-electron chi connectivity index (χ0n) is 17.7. The van der Waals surface area contributed by atoms with E-state index < -0.39 is 21.7 Å². The van der Waals surface area contributed by atoms with Crippen molar-refractivity contribution >= 4 is 27.0 Å². The van der Waals surface area contributed by atoms with Gasteiger partial charge in [0.1, 0.15) is 18.0 Å². The first-order valence-electron chi connectivity index (χ1n) is 9.47. The summed E-state index contributed by atoms with van der Waals surface area (Å²) in [5.74, 6) is 0.494. The number of carbonyl (C=O) groups is 1. The van der Waals surface area contributed by atoms with Crippen LogP contribution in [-0.2, 0) is 21.4 Å². The molecule has 0 spiro atoms. The van der Waals surface area contributed by atoms with E-state index in [1.807, 2.05) is 51.1 Å². The molecule has 0 unspecified atom stereocenters. The second-order valence-electron chi connectivity index (χ2n) is 8.06. The smallest absolute Gasteiger partial charge is 0.419 e. The average Bonchev–Trinajstić information content (AvgIpc) is 3.03. The highest BCUT2D eigenvalue weighted by Gasteiger charge is 2.22. The molecule has 160 valence electrons. The number of hydrogen-bond donors (Lipinski definition) is 0. The number of para-hydroxylation sites is 1. The molecule has 0 amide bonds. The fourth-order valence-corrected chi connectivity index (χ4v) is 3.82. The molecule has 0 N–H and O–H groups in total. The van der Waals surface area contributed by atoms with Crippen molar-refractivity contribution in [3.63, 3.8) is 0 Å². The van der Waals surface area contributed by atoms with Crippen LogP contribution in [0.2, 0.25) is 0 Å². The van der Waals surface area contributed by atoms with Crippen LogP contribution in [0.4, 0.5) is 4.79 Å². The lowest BCUT2D eigenvalue weighted by Crippen LogP contribution is -2.28. The second kappa shape index (κ2) is 8.12. The molecule has 0 atom stereocenters. The molecule has 0 bridgehead atoms. The molecule has 0 fully saturated rings. The van der Waals surface area contributed by atoms with Gasteiger partial charge in [-0.15, -0.1) is 0 Å². The van der Waals surface area contributed by atoms with E-state index in [2.05, 4.69) is 0 Å². The van der Waals surface area contributed by atoms with Crippen molar-refractivity contribution in [3.05, 3.63) is 60.3 Å². The number of carbonyl (C=O) groups excluding carboxylic acids is 1. The quantitative estimate of drug-likeness (QED) is 0.605. The van der Waals surface area contributed by atoms with E-state index in [1.165, 1.54) is 30.8 Å². The summed E-state index contributed by atoms with van der Waals surface area (Å²) in [5.41, 5.74) is 0.738. The van der Waals surface area contributed by atoms with Crippen molar-refractivity contribution in [1.29, 1.82) is 0 Å². The molecule has 2 aromatic carbocycles. The van der Waals surface area contributed by atoms with Crippen LogP contribution in [0.3, 0.4) is 0 Å². The molecule has 7 nitrogen and oxygen atoms in total. The Balaban J connectivity index is 1.86. The van der Waals surface area contributed by atoms with E-state index in [4.69, 9.17) is 9.47 Å². The van der Waals surface area contributed by atoms with Gasteiger partial charge < -0.3 is 9.47 Å². The third-order valence-corrected chi connectivity index (χ3v) is 6.18. The summed E-state index contributed by atoms with van der Waals surface area (Å²) in [6.45, 7) is 5.57. The van der Waals surface area contributed by atoms with Crippen molar-refractivity contribution < 1.29 is 22.7 Å². The minimum absolute atomic E-state index is 0.119. The standard InChI is InChI=1S/C22H26N2O5S/c1-22(2,3)29-21(25)24-17(14-16-8-6-7-9-20(16)24)15-28-18-10-12-19(13-11-18)30(26,27)23(4)5/h6-14H,15H2,1-5H3. The third-order valence-electron chi connectivity index (χ3n) is 4.35. The summed E-state index contributed by atoms with van der Waals surface area (Å²) in [6, 6.07) is 15.6. The van der Waals surface area contributed by atoms with E-state index in [9.17, 15) is 13.2 Å². The monoisotopic (exact) mass is 430 g/mol. The number of benzene rings is 2. The second-order valence-corrected chi connectivity index (χ2v) is 10.2. The summed E-state index contributed by atoms with van der Waals surface area (Å²) >= 11 is 0. The zero-order chi connectivity index (χ0) is 22.1. The molecule has 3 aromatic rings. The van der Waals surface area contributed by atoms with Gasteiger partial charge in [-0.1, -0.05) is 18.2 Å². The number of ether oxygens (including phenoxy) is 2. The first-order chi connectivity index (χ1) is 14.0. The van der Waals surface area contributed by atoms with Gasteiger partial charge in [-0.25, -0.2) is 22.1 Å². The third kappa shape index (κ3) is 4.66. The summed E-state index contributed by atoms with van der Waals surface area (Å²) in [4.78, 5) is 13.0. The number of fused-ring (bicyclic) bond motifs is 1. The summed E-state index contributed by atoms with van der Waals surface area (Å²) < 4.78 is 38.4. The molecule has 1 heterocycles. The van der Waals surface area contributed by atoms with Crippen LogP contribution in [0.15, 0.2) is 59.5 Å². The Kier molecular flexibility index (Phi) is 5.92. The normalized spacial score (nSPS) is 12.3. The Labute approximate surface area is 176 Å². The van der Waals surface area contributed by atoms with E-state index >= 15 is 0 Å². The predicted molar refractivity (Wildman–Crippen MR) is 115 cm³/mol. The van der Waals surface area contributed by atoms with Crippen LogP contribution < -0.4 is 4.74 Å². The minimum Gasteiger partial charge on any atom is -0.487 e. The number of nitrogens with zero attached hydrogens (tertiary/aromatic N) is 2. The molecule has 0 saturated heterocycles. The van der Waals surface area contributed by atoms with Crippen LogP contribution in [0.25, 0.3) is 10.9 Å². The topological polar surface area (TPSA) is 77.8 Å². The largest absolute Gasteiger partial charge is 0.487 e. The van der Waals surface area contributed by atoms with Crippen LogP contribution in [-0.4, -0.2) is 43.1 Å². The first kappa shape index (κ1) is 21.9. The molecule has 1 aromatic heterocycles. The van der Waals surface area contributed by atoms with Gasteiger partial charge in [-0.2, -0.15) is 0 Å². The highest BCUT2D eigenvalue weighted by Crippen LogP contribution is 2.24. The maximum atomic E-state index is 12.8.